The van der Waals surface area contributed by atoms with Crippen molar-refractivity contribution >= 4 is 0 Å². The molecule has 1 aromatic rings. The van der Waals surface area contributed by atoms with E-state index in [1.807, 2.05) is 13.8 Å². The van der Waals surface area contributed by atoms with Crippen molar-refractivity contribution in [2.24, 2.45) is 0 Å². The minimum Gasteiger partial charge on any atom is -0.400 e. The number of hydrogen-bond acceptors (Lipinski definition) is 4. The second kappa shape index (κ2) is 11.6. The van der Waals surface area contributed by atoms with Crippen LogP contribution in [0.5, 0.6) is 0 Å². The summed E-state index contributed by atoms with van der Waals surface area (Å²) < 4.78 is 5.57. The largest absolute Gasteiger partial charge is 0.400 e. The van der Waals surface area contributed by atoms with Crippen molar-refractivity contribution in [3.63, 3.8) is 0 Å². The first kappa shape index (κ1) is 21.1. The zero-order valence-electron chi connectivity index (χ0n) is 16.2. The van der Waals surface area contributed by atoms with Crippen LogP contribution in [0.3, 0.4) is 0 Å². The SMILES string of the molecule is CC.CC(C)c1ccc(C2CCOC2)c(CN2CCCC2)n1.CO. The Kier molecular flexibility index (Phi) is 10.2. The monoisotopic (exact) mass is 336 g/mol. The lowest BCUT2D eigenvalue weighted by Gasteiger charge is -2.20. The highest BCUT2D eigenvalue weighted by Gasteiger charge is 2.23. The molecule has 0 radical (unpaired) electrons. The molecule has 3 heterocycles. The molecule has 2 aliphatic heterocycles. The fourth-order valence-corrected chi connectivity index (χ4v) is 3.28. The topological polar surface area (TPSA) is 45.6 Å². The van der Waals surface area contributed by atoms with Crippen LogP contribution in [0.2, 0.25) is 0 Å². The summed E-state index contributed by atoms with van der Waals surface area (Å²) >= 11 is 0. The van der Waals surface area contributed by atoms with Gasteiger partial charge in [0, 0.05) is 31.9 Å². The van der Waals surface area contributed by atoms with Crippen molar-refractivity contribution in [2.75, 3.05) is 33.4 Å². The lowest BCUT2D eigenvalue weighted by molar-refractivity contribution is 0.193. The normalized spacial score (nSPS) is 20.4. The molecule has 1 unspecified atom stereocenters. The standard InChI is InChI=1S/C17H26N2O.C2H6.CH4O/c1-13(2)16-6-5-15(14-7-10-20-12-14)17(18-16)11-19-8-3-4-9-19;2*1-2/h5-6,13-14H,3-4,7-12H2,1-2H3;1-2H3;2H,1H3. The maximum absolute atomic E-state index is 7.00. The fourth-order valence-electron chi connectivity index (χ4n) is 3.28. The second-order valence-electron chi connectivity index (χ2n) is 6.47. The molecule has 4 heteroatoms. The number of likely N-dealkylation sites (tertiary alicyclic amines) is 1. The van der Waals surface area contributed by atoms with Gasteiger partial charge < -0.3 is 9.84 Å². The lowest BCUT2D eigenvalue weighted by Crippen LogP contribution is -2.21. The number of aliphatic hydroxyl groups excluding tert-OH is 1. The molecule has 1 atom stereocenters. The molecular formula is C20H36N2O2. The third-order valence-corrected chi connectivity index (χ3v) is 4.56. The summed E-state index contributed by atoms with van der Waals surface area (Å²) in [6, 6.07) is 4.53. The van der Waals surface area contributed by atoms with Crippen LogP contribution in [0.15, 0.2) is 12.1 Å². The van der Waals surface area contributed by atoms with E-state index < -0.39 is 0 Å². The van der Waals surface area contributed by atoms with Crippen LogP contribution in [0.25, 0.3) is 0 Å². The third-order valence-electron chi connectivity index (χ3n) is 4.56. The van der Waals surface area contributed by atoms with Gasteiger partial charge >= 0.3 is 0 Å². The fraction of sp³-hybridized carbons (Fsp3) is 0.750. The van der Waals surface area contributed by atoms with E-state index in [0.29, 0.717) is 11.8 Å². The van der Waals surface area contributed by atoms with Gasteiger partial charge in [-0.05, 0) is 49.9 Å². The maximum atomic E-state index is 7.00. The van der Waals surface area contributed by atoms with Crippen molar-refractivity contribution in [1.82, 2.24) is 9.88 Å². The summed E-state index contributed by atoms with van der Waals surface area (Å²) in [5.41, 5.74) is 3.95. The highest BCUT2D eigenvalue weighted by atomic mass is 16.5. The number of rotatable bonds is 4. The van der Waals surface area contributed by atoms with E-state index in [4.69, 9.17) is 14.8 Å². The van der Waals surface area contributed by atoms with Crippen LogP contribution in [0, 0.1) is 0 Å². The summed E-state index contributed by atoms with van der Waals surface area (Å²) in [5.74, 6) is 1.06. The van der Waals surface area contributed by atoms with Crippen molar-refractivity contribution in [1.29, 1.82) is 0 Å². The lowest BCUT2D eigenvalue weighted by atomic mass is 9.95. The van der Waals surface area contributed by atoms with Gasteiger partial charge in [0.25, 0.3) is 0 Å². The average molecular weight is 337 g/mol. The zero-order chi connectivity index (χ0) is 17.9. The number of ether oxygens (including phenoxy) is 1. The van der Waals surface area contributed by atoms with Crippen molar-refractivity contribution in [3.05, 3.63) is 29.1 Å². The van der Waals surface area contributed by atoms with E-state index in [1.165, 1.54) is 42.9 Å². The van der Waals surface area contributed by atoms with E-state index in [1.54, 1.807) is 0 Å². The number of aromatic nitrogens is 1. The minimum absolute atomic E-state index is 0.501. The van der Waals surface area contributed by atoms with Gasteiger partial charge in [-0.15, -0.1) is 0 Å². The van der Waals surface area contributed by atoms with E-state index in [-0.39, 0.29) is 0 Å². The van der Waals surface area contributed by atoms with E-state index in [2.05, 4.69) is 30.9 Å². The quantitative estimate of drug-likeness (QED) is 0.904. The molecule has 2 saturated heterocycles. The van der Waals surface area contributed by atoms with Gasteiger partial charge in [0.2, 0.25) is 0 Å². The Bertz CT molecular complexity index is 451. The number of nitrogens with zero attached hydrogens (tertiary/aromatic N) is 2. The summed E-state index contributed by atoms with van der Waals surface area (Å²) in [7, 11) is 1.00. The smallest absolute Gasteiger partial charge is 0.0583 e. The zero-order valence-corrected chi connectivity index (χ0v) is 16.2. The predicted molar refractivity (Wildman–Crippen MR) is 101 cm³/mol. The highest BCUT2D eigenvalue weighted by Crippen LogP contribution is 2.29. The van der Waals surface area contributed by atoms with Gasteiger partial charge in [-0.1, -0.05) is 33.8 Å². The Hall–Kier alpha value is -0.970. The van der Waals surface area contributed by atoms with Gasteiger partial charge in [0.05, 0.1) is 12.3 Å². The van der Waals surface area contributed by atoms with E-state index in [9.17, 15) is 0 Å². The Morgan fingerprint density at radius 3 is 2.42 bits per heavy atom. The van der Waals surface area contributed by atoms with Crippen LogP contribution in [-0.4, -0.2) is 48.4 Å². The highest BCUT2D eigenvalue weighted by molar-refractivity contribution is 5.28. The second-order valence-corrected chi connectivity index (χ2v) is 6.47. The third kappa shape index (κ3) is 5.83. The molecule has 0 spiro atoms. The van der Waals surface area contributed by atoms with Crippen molar-refractivity contribution in [2.45, 2.75) is 65.3 Å². The van der Waals surface area contributed by atoms with E-state index >= 15 is 0 Å². The van der Waals surface area contributed by atoms with Crippen LogP contribution >= 0.6 is 0 Å². The Labute approximate surface area is 148 Å². The first-order chi connectivity index (χ1) is 11.7. The molecule has 2 aliphatic rings. The molecule has 3 rings (SSSR count). The predicted octanol–water partition coefficient (Wildman–Crippen LogP) is 3.94. The van der Waals surface area contributed by atoms with Crippen LogP contribution in [0.1, 0.15) is 75.7 Å². The average Bonchev–Trinajstić information content (AvgIpc) is 3.32. The summed E-state index contributed by atoms with van der Waals surface area (Å²) in [5, 5.41) is 7.00. The van der Waals surface area contributed by atoms with Gasteiger partial charge in [-0.25, -0.2) is 0 Å². The van der Waals surface area contributed by atoms with Gasteiger partial charge in [-0.2, -0.15) is 0 Å². The van der Waals surface area contributed by atoms with Gasteiger partial charge in [0.15, 0.2) is 0 Å². The molecule has 0 aliphatic carbocycles. The maximum Gasteiger partial charge on any atom is 0.0583 e. The summed E-state index contributed by atoms with van der Waals surface area (Å²) in [6.45, 7) is 13.7. The van der Waals surface area contributed by atoms with Crippen molar-refractivity contribution in [3.8, 4) is 0 Å². The van der Waals surface area contributed by atoms with Crippen LogP contribution < -0.4 is 0 Å². The molecule has 0 amide bonds. The molecule has 1 aromatic heterocycles. The number of pyridine rings is 1. The molecule has 138 valence electrons. The molecule has 4 nitrogen and oxygen atoms in total. The van der Waals surface area contributed by atoms with Crippen LogP contribution in [0.4, 0.5) is 0 Å². The first-order valence-electron chi connectivity index (χ1n) is 9.48. The van der Waals surface area contributed by atoms with Crippen molar-refractivity contribution < 1.29 is 9.84 Å². The number of aliphatic hydroxyl groups is 1. The Balaban J connectivity index is 0.000000671. The molecule has 24 heavy (non-hydrogen) atoms. The number of hydrogen-bond donors (Lipinski definition) is 1. The minimum atomic E-state index is 0.501. The summed E-state index contributed by atoms with van der Waals surface area (Å²) in [4.78, 5) is 7.53. The van der Waals surface area contributed by atoms with Gasteiger partial charge in [0.1, 0.15) is 0 Å². The summed E-state index contributed by atoms with van der Waals surface area (Å²) in [6.07, 6.45) is 3.83. The molecular weight excluding hydrogens is 300 g/mol. The van der Waals surface area contributed by atoms with Crippen LogP contribution in [-0.2, 0) is 11.3 Å². The van der Waals surface area contributed by atoms with Gasteiger partial charge in [-0.3, -0.25) is 9.88 Å². The molecule has 0 aromatic carbocycles. The molecule has 1 N–H and O–H groups in total. The Morgan fingerprint density at radius 2 is 1.88 bits per heavy atom. The first-order valence-corrected chi connectivity index (χ1v) is 9.48. The molecule has 2 fully saturated rings. The molecule has 0 bridgehead atoms. The van der Waals surface area contributed by atoms with E-state index in [0.717, 1.165) is 33.3 Å². The molecule has 0 saturated carbocycles. The Morgan fingerprint density at radius 1 is 1.21 bits per heavy atom.